The SMILES string of the molecule is Cc1nc(N=Nc2ccc(S(=O)(=O)[O-])cc2)ccc1O. The van der Waals surface area contributed by atoms with Crippen molar-refractivity contribution in [3.63, 3.8) is 0 Å². The zero-order valence-electron chi connectivity index (χ0n) is 10.4. The van der Waals surface area contributed by atoms with Gasteiger partial charge in [-0.05, 0) is 43.3 Å². The average molecular weight is 292 g/mol. The minimum atomic E-state index is -4.46. The van der Waals surface area contributed by atoms with Gasteiger partial charge in [-0.1, -0.05) is 0 Å². The summed E-state index contributed by atoms with van der Waals surface area (Å²) in [5.74, 6) is 0.370. The highest BCUT2D eigenvalue weighted by Gasteiger charge is 2.01. The van der Waals surface area contributed by atoms with Crippen LogP contribution in [-0.4, -0.2) is 23.1 Å². The number of hydrogen-bond acceptors (Lipinski definition) is 7. The van der Waals surface area contributed by atoms with Crippen LogP contribution in [0.2, 0.25) is 0 Å². The van der Waals surface area contributed by atoms with Crippen LogP contribution in [0.4, 0.5) is 11.5 Å². The third-order valence-corrected chi connectivity index (χ3v) is 3.29. The van der Waals surface area contributed by atoms with Crippen LogP contribution in [0.3, 0.4) is 0 Å². The van der Waals surface area contributed by atoms with E-state index in [-0.39, 0.29) is 10.6 Å². The van der Waals surface area contributed by atoms with Gasteiger partial charge in [0, 0.05) is 0 Å². The Hall–Kier alpha value is -2.32. The smallest absolute Gasteiger partial charge is 0.174 e. The maximum absolute atomic E-state index is 10.7. The standard InChI is InChI=1S/C12H11N3O4S/c1-8-11(16)6-7-12(13-8)15-14-9-2-4-10(5-3-9)20(17,18)19/h2-7,16H,1H3,(H,17,18,19)/p-1. The summed E-state index contributed by atoms with van der Waals surface area (Å²) in [6.45, 7) is 1.63. The van der Waals surface area contributed by atoms with Gasteiger partial charge in [0.1, 0.15) is 15.9 Å². The maximum atomic E-state index is 10.7. The molecule has 0 aliphatic carbocycles. The van der Waals surface area contributed by atoms with Crippen molar-refractivity contribution in [2.75, 3.05) is 0 Å². The Morgan fingerprint density at radius 1 is 1.10 bits per heavy atom. The van der Waals surface area contributed by atoms with E-state index in [4.69, 9.17) is 0 Å². The van der Waals surface area contributed by atoms with Gasteiger partial charge in [0.2, 0.25) is 0 Å². The number of aromatic nitrogens is 1. The first-order valence-electron chi connectivity index (χ1n) is 5.50. The summed E-state index contributed by atoms with van der Waals surface area (Å²) in [5.41, 5.74) is 0.805. The first kappa shape index (κ1) is 14.1. The van der Waals surface area contributed by atoms with Crippen LogP contribution in [-0.2, 0) is 10.1 Å². The quantitative estimate of drug-likeness (QED) is 0.689. The van der Waals surface area contributed by atoms with Crippen molar-refractivity contribution < 1.29 is 18.1 Å². The number of aryl methyl sites for hydroxylation is 1. The number of azo groups is 1. The number of nitrogens with zero attached hydrogens (tertiary/aromatic N) is 3. The second kappa shape index (κ2) is 5.35. The van der Waals surface area contributed by atoms with Gasteiger partial charge < -0.3 is 9.66 Å². The molecule has 104 valence electrons. The van der Waals surface area contributed by atoms with Gasteiger partial charge in [0.15, 0.2) is 5.82 Å². The summed E-state index contributed by atoms with van der Waals surface area (Å²) in [6.07, 6.45) is 0. The monoisotopic (exact) mass is 292 g/mol. The minimum Gasteiger partial charge on any atom is -0.744 e. The van der Waals surface area contributed by atoms with E-state index in [2.05, 4.69) is 15.2 Å². The van der Waals surface area contributed by atoms with E-state index in [1.54, 1.807) is 6.92 Å². The molecule has 0 bridgehead atoms. The molecule has 0 aliphatic heterocycles. The zero-order chi connectivity index (χ0) is 14.8. The predicted octanol–water partition coefficient (Wildman–Crippen LogP) is 2.42. The van der Waals surface area contributed by atoms with Crippen molar-refractivity contribution in [3.8, 4) is 5.75 Å². The van der Waals surface area contributed by atoms with Crippen LogP contribution >= 0.6 is 0 Å². The highest BCUT2D eigenvalue weighted by Crippen LogP contribution is 2.21. The Bertz CT molecular complexity index is 755. The van der Waals surface area contributed by atoms with Gasteiger partial charge in [-0.3, -0.25) is 0 Å². The van der Waals surface area contributed by atoms with Crippen LogP contribution in [0.15, 0.2) is 51.5 Å². The fraction of sp³-hybridized carbons (Fsp3) is 0.0833. The number of pyridine rings is 1. The van der Waals surface area contributed by atoms with Crippen LogP contribution in [0.25, 0.3) is 0 Å². The van der Waals surface area contributed by atoms with Crippen molar-refractivity contribution in [2.45, 2.75) is 11.8 Å². The highest BCUT2D eigenvalue weighted by atomic mass is 32.2. The first-order chi connectivity index (χ1) is 9.36. The van der Waals surface area contributed by atoms with E-state index in [0.717, 1.165) is 12.1 Å². The molecule has 0 radical (unpaired) electrons. The lowest BCUT2D eigenvalue weighted by atomic mass is 10.3. The average Bonchev–Trinajstić information content (AvgIpc) is 2.40. The van der Waals surface area contributed by atoms with Gasteiger partial charge in [0.05, 0.1) is 16.3 Å². The Balaban J connectivity index is 2.21. The fourth-order valence-corrected chi connectivity index (χ4v) is 1.85. The minimum absolute atomic E-state index is 0.0638. The molecule has 0 amide bonds. The van der Waals surface area contributed by atoms with Crippen LogP contribution in [0.1, 0.15) is 5.69 Å². The number of aromatic hydroxyl groups is 1. The summed E-state index contributed by atoms with van der Waals surface area (Å²) in [6, 6.07) is 7.98. The summed E-state index contributed by atoms with van der Waals surface area (Å²) < 4.78 is 32.2. The molecule has 7 nitrogen and oxygen atoms in total. The van der Waals surface area contributed by atoms with Crippen molar-refractivity contribution >= 4 is 21.6 Å². The van der Waals surface area contributed by atoms with Crippen LogP contribution < -0.4 is 0 Å². The Labute approximate surface area is 115 Å². The molecule has 1 heterocycles. The lowest BCUT2D eigenvalue weighted by molar-refractivity contribution is 0.463. The molecule has 0 aliphatic rings. The normalized spacial score (nSPS) is 11.9. The van der Waals surface area contributed by atoms with Crippen molar-refractivity contribution in [3.05, 3.63) is 42.1 Å². The Morgan fingerprint density at radius 3 is 2.30 bits per heavy atom. The van der Waals surface area contributed by atoms with Gasteiger partial charge in [-0.15, -0.1) is 10.2 Å². The molecule has 0 atom stereocenters. The molecular formula is C12H10N3O4S-. The van der Waals surface area contributed by atoms with Crippen molar-refractivity contribution in [1.29, 1.82) is 0 Å². The first-order valence-corrected chi connectivity index (χ1v) is 6.91. The second-order valence-electron chi connectivity index (χ2n) is 3.92. The van der Waals surface area contributed by atoms with E-state index in [0.29, 0.717) is 17.2 Å². The van der Waals surface area contributed by atoms with E-state index in [1.165, 1.54) is 24.3 Å². The van der Waals surface area contributed by atoms with Gasteiger partial charge >= 0.3 is 0 Å². The molecule has 0 unspecified atom stereocenters. The molecular weight excluding hydrogens is 282 g/mol. The lowest BCUT2D eigenvalue weighted by Crippen LogP contribution is -1.97. The molecule has 0 saturated heterocycles. The van der Waals surface area contributed by atoms with E-state index in [1.807, 2.05) is 0 Å². The number of rotatable bonds is 3. The molecule has 1 aromatic carbocycles. The fourth-order valence-electron chi connectivity index (χ4n) is 1.38. The topological polar surface area (TPSA) is 115 Å². The summed E-state index contributed by atoms with van der Waals surface area (Å²) in [7, 11) is -4.46. The predicted molar refractivity (Wildman–Crippen MR) is 69.2 cm³/mol. The summed E-state index contributed by atoms with van der Waals surface area (Å²) in [4.78, 5) is 3.66. The van der Waals surface area contributed by atoms with E-state index >= 15 is 0 Å². The summed E-state index contributed by atoms with van der Waals surface area (Å²) in [5, 5.41) is 17.0. The third kappa shape index (κ3) is 3.37. The molecule has 1 N–H and O–H groups in total. The molecule has 8 heteroatoms. The maximum Gasteiger partial charge on any atom is 0.174 e. The molecule has 2 rings (SSSR count). The van der Waals surface area contributed by atoms with E-state index in [9.17, 15) is 18.1 Å². The van der Waals surface area contributed by atoms with Gasteiger partial charge in [-0.25, -0.2) is 13.4 Å². The summed E-state index contributed by atoms with van der Waals surface area (Å²) >= 11 is 0. The number of benzene rings is 1. The third-order valence-electron chi connectivity index (χ3n) is 2.44. The second-order valence-corrected chi connectivity index (χ2v) is 5.30. The van der Waals surface area contributed by atoms with E-state index < -0.39 is 10.1 Å². The molecule has 1 aromatic heterocycles. The van der Waals surface area contributed by atoms with Crippen LogP contribution in [0, 0.1) is 6.92 Å². The van der Waals surface area contributed by atoms with Crippen LogP contribution in [0.5, 0.6) is 5.75 Å². The van der Waals surface area contributed by atoms with Crippen molar-refractivity contribution in [1.82, 2.24) is 4.98 Å². The lowest BCUT2D eigenvalue weighted by Gasteiger charge is -2.05. The Morgan fingerprint density at radius 2 is 1.75 bits per heavy atom. The molecule has 20 heavy (non-hydrogen) atoms. The van der Waals surface area contributed by atoms with Gasteiger partial charge in [-0.2, -0.15) is 0 Å². The molecule has 2 aromatic rings. The van der Waals surface area contributed by atoms with Crippen molar-refractivity contribution in [2.24, 2.45) is 10.2 Å². The molecule has 0 saturated carbocycles. The number of hydrogen-bond donors (Lipinski definition) is 1. The largest absolute Gasteiger partial charge is 0.744 e. The Kier molecular flexibility index (Phi) is 3.77. The molecule has 0 spiro atoms. The highest BCUT2D eigenvalue weighted by molar-refractivity contribution is 7.85. The zero-order valence-corrected chi connectivity index (χ0v) is 11.2. The van der Waals surface area contributed by atoms with Gasteiger partial charge in [0.25, 0.3) is 0 Å². The molecule has 0 fully saturated rings.